The summed E-state index contributed by atoms with van der Waals surface area (Å²) in [5, 5.41) is 0. The SMILES string of the molecule is O=C(c1c(F)cccc1F)N1CCN(Cc2ccncc2)CC1. The molecule has 0 atom stereocenters. The standard InChI is InChI=1S/C17H17F2N3O/c18-14-2-1-3-15(19)16(14)17(23)22-10-8-21(9-11-22)12-13-4-6-20-7-5-13/h1-7H,8-12H2. The normalized spacial score (nSPS) is 15.7. The number of amides is 1. The molecule has 4 nitrogen and oxygen atoms in total. The Kier molecular flexibility index (Phi) is 4.62. The molecule has 120 valence electrons. The highest BCUT2D eigenvalue weighted by Gasteiger charge is 2.26. The van der Waals surface area contributed by atoms with Gasteiger partial charge in [-0.3, -0.25) is 14.7 Å². The van der Waals surface area contributed by atoms with E-state index in [2.05, 4.69) is 9.88 Å². The van der Waals surface area contributed by atoms with Crippen LogP contribution in [0.5, 0.6) is 0 Å². The molecule has 23 heavy (non-hydrogen) atoms. The van der Waals surface area contributed by atoms with E-state index < -0.39 is 23.1 Å². The van der Waals surface area contributed by atoms with Crippen molar-refractivity contribution in [3.63, 3.8) is 0 Å². The van der Waals surface area contributed by atoms with Gasteiger partial charge in [0.05, 0.1) is 0 Å². The molecule has 0 aliphatic carbocycles. The van der Waals surface area contributed by atoms with Crippen molar-refractivity contribution in [3.05, 3.63) is 65.5 Å². The number of nitrogens with zero attached hydrogens (tertiary/aromatic N) is 3. The first-order chi connectivity index (χ1) is 11.1. The van der Waals surface area contributed by atoms with E-state index in [1.165, 1.54) is 11.0 Å². The van der Waals surface area contributed by atoms with Crippen LogP contribution in [0.1, 0.15) is 15.9 Å². The van der Waals surface area contributed by atoms with E-state index in [1.54, 1.807) is 12.4 Å². The van der Waals surface area contributed by atoms with Crippen molar-refractivity contribution in [1.82, 2.24) is 14.8 Å². The van der Waals surface area contributed by atoms with Crippen molar-refractivity contribution >= 4 is 5.91 Å². The lowest BCUT2D eigenvalue weighted by atomic mass is 10.1. The Hall–Kier alpha value is -2.34. The fraction of sp³-hybridized carbons (Fsp3) is 0.294. The molecule has 0 spiro atoms. The second-order valence-corrected chi connectivity index (χ2v) is 5.52. The first kappa shape index (κ1) is 15.6. The summed E-state index contributed by atoms with van der Waals surface area (Å²) < 4.78 is 27.4. The molecule has 1 amide bonds. The van der Waals surface area contributed by atoms with Crippen LogP contribution in [0.2, 0.25) is 0 Å². The number of benzene rings is 1. The fourth-order valence-electron chi connectivity index (χ4n) is 2.72. The maximum absolute atomic E-state index is 13.7. The van der Waals surface area contributed by atoms with Gasteiger partial charge in [-0.2, -0.15) is 0 Å². The summed E-state index contributed by atoms with van der Waals surface area (Å²) in [6, 6.07) is 7.37. The Bertz CT molecular complexity index is 665. The van der Waals surface area contributed by atoms with Gasteiger partial charge < -0.3 is 4.90 Å². The zero-order valence-corrected chi connectivity index (χ0v) is 12.6. The third-order valence-corrected chi connectivity index (χ3v) is 3.99. The van der Waals surface area contributed by atoms with E-state index in [-0.39, 0.29) is 0 Å². The number of pyridine rings is 1. The van der Waals surface area contributed by atoms with Crippen molar-refractivity contribution in [2.75, 3.05) is 26.2 Å². The molecule has 1 saturated heterocycles. The quantitative estimate of drug-likeness (QED) is 0.872. The monoisotopic (exact) mass is 317 g/mol. The molecule has 6 heteroatoms. The summed E-state index contributed by atoms with van der Waals surface area (Å²) in [5.74, 6) is -2.20. The molecule has 0 radical (unpaired) electrons. The number of carbonyl (C=O) groups excluding carboxylic acids is 1. The van der Waals surface area contributed by atoms with Gasteiger partial charge in [0.2, 0.25) is 0 Å². The van der Waals surface area contributed by atoms with Crippen LogP contribution in [0.4, 0.5) is 8.78 Å². The van der Waals surface area contributed by atoms with Crippen molar-refractivity contribution in [1.29, 1.82) is 0 Å². The largest absolute Gasteiger partial charge is 0.336 e. The minimum absolute atomic E-state index is 0.456. The third kappa shape index (κ3) is 3.53. The van der Waals surface area contributed by atoms with Gasteiger partial charge in [-0.15, -0.1) is 0 Å². The van der Waals surface area contributed by atoms with Gasteiger partial charge in [-0.05, 0) is 29.8 Å². The molecule has 0 N–H and O–H groups in total. The lowest BCUT2D eigenvalue weighted by molar-refractivity contribution is 0.0619. The topological polar surface area (TPSA) is 36.4 Å². The van der Waals surface area contributed by atoms with Gasteiger partial charge in [-0.25, -0.2) is 8.78 Å². The van der Waals surface area contributed by atoms with Gasteiger partial charge in [0, 0.05) is 45.1 Å². The molecule has 0 saturated carbocycles. The van der Waals surface area contributed by atoms with Crippen molar-refractivity contribution in [2.24, 2.45) is 0 Å². The van der Waals surface area contributed by atoms with E-state index in [9.17, 15) is 13.6 Å². The van der Waals surface area contributed by atoms with Gasteiger partial charge >= 0.3 is 0 Å². The first-order valence-corrected chi connectivity index (χ1v) is 7.49. The zero-order valence-electron chi connectivity index (χ0n) is 12.6. The molecule has 0 unspecified atom stereocenters. The zero-order chi connectivity index (χ0) is 16.2. The molecular weight excluding hydrogens is 300 g/mol. The van der Waals surface area contributed by atoms with Gasteiger partial charge in [0.1, 0.15) is 17.2 Å². The summed E-state index contributed by atoms with van der Waals surface area (Å²) in [6.45, 7) is 3.03. The van der Waals surface area contributed by atoms with Crippen LogP contribution < -0.4 is 0 Å². The molecule has 2 heterocycles. The molecule has 1 fully saturated rings. The van der Waals surface area contributed by atoms with Crippen LogP contribution in [0, 0.1) is 11.6 Å². The molecular formula is C17H17F2N3O. The van der Waals surface area contributed by atoms with Crippen LogP contribution in [0.3, 0.4) is 0 Å². The Morgan fingerprint density at radius 1 is 1.00 bits per heavy atom. The minimum Gasteiger partial charge on any atom is -0.336 e. The van der Waals surface area contributed by atoms with Crippen LogP contribution in [-0.4, -0.2) is 46.9 Å². The fourth-order valence-corrected chi connectivity index (χ4v) is 2.72. The summed E-state index contributed by atoms with van der Waals surface area (Å²) in [6.07, 6.45) is 3.49. The molecule has 3 rings (SSSR count). The molecule has 1 aliphatic heterocycles. The molecule has 2 aromatic rings. The maximum atomic E-state index is 13.7. The highest BCUT2D eigenvalue weighted by Crippen LogP contribution is 2.16. The Balaban J connectivity index is 1.62. The lowest BCUT2D eigenvalue weighted by Gasteiger charge is -2.34. The smallest absolute Gasteiger partial charge is 0.259 e. The van der Waals surface area contributed by atoms with Crippen LogP contribution >= 0.6 is 0 Å². The van der Waals surface area contributed by atoms with E-state index in [4.69, 9.17) is 0 Å². The summed E-state index contributed by atoms with van der Waals surface area (Å²) in [5.41, 5.74) is 0.690. The van der Waals surface area contributed by atoms with Gasteiger partial charge in [0.15, 0.2) is 0 Å². The molecule has 0 bridgehead atoms. The second-order valence-electron chi connectivity index (χ2n) is 5.52. The predicted molar refractivity (Wildman–Crippen MR) is 81.8 cm³/mol. The van der Waals surface area contributed by atoms with E-state index >= 15 is 0 Å². The average Bonchev–Trinajstić information content (AvgIpc) is 2.56. The number of piperazine rings is 1. The summed E-state index contributed by atoms with van der Waals surface area (Å²) in [7, 11) is 0. The molecule has 1 aliphatic rings. The van der Waals surface area contributed by atoms with E-state index in [1.807, 2.05) is 12.1 Å². The van der Waals surface area contributed by atoms with Crippen molar-refractivity contribution in [3.8, 4) is 0 Å². The summed E-state index contributed by atoms with van der Waals surface area (Å²) in [4.78, 5) is 20.0. The lowest BCUT2D eigenvalue weighted by Crippen LogP contribution is -2.48. The van der Waals surface area contributed by atoms with Crippen LogP contribution in [0.25, 0.3) is 0 Å². The number of aromatic nitrogens is 1. The Morgan fingerprint density at radius 3 is 2.22 bits per heavy atom. The third-order valence-electron chi connectivity index (χ3n) is 3.99. The average molecular weight is 317 g/mol. The number of rotatable bonds is 3. The second kappa shape index (κ2) is 6.83. The van der Waals surface area contributed by atoms with Crippen molar-refractivity contribution in [2.45, 2.75) is 6.54 Å². The maximum Gasteiger partial charge on any atom is 0.259 e. The van der Waals surface area contributed by atoms with E-state index in [0.717, 1.165) is 24.2 Å². The van der Waals surface area contributed by atoms with Crippen molar-refractivity contribution < 1.29 is 13.6 Å². The molecule has 1 aromatic carbocycles. The molecule has 1 aromatic heterocycles. The van der Waals surface area contributed by atoms with Crippen LogP contribution in [-0.2, 0) is 6.54 Å². The number of halogens is 2. The van der Waals surface area contributed by atoms with Gasteiger partial charge in [-0.1, -0.05) is 6.07 Å². The number of carbonyl (C=O) groups is 1. The summed E-state index contributed by atoms with van der Waals surface area (Å²) >= 11 is 0. The number of hydrogen-bond donors (Lipinski definition) is 0. The Labute approximate surface area is 133 Å². The number of hydrogen-bond acceptors (Lipinski definition) is 3. The van der Waals surface area contributed by atoms with Crippen LogP contribution in [0.15, 0.2) is 42.7 Å². The Morgan fingerprint density at radius 2 is 1.61 bits per heavy atom. The minimum atomic E-state index is -0.811. The van der Waals surface area contributed by atoms with E-state index in [0.29, 0.717) is 26.2 Å². The van der Waals surface area contributed by atoms with Gasteiger partial charge in [0.25, 0.3) is 5.91 Å². The first-order valence-electron chi connectivity index (χ1n) is 7.49. The predicted octanol–water partition coefficient (Wildman–Crippen LogP) is 2.32. The highest BCUT2D eigenvalue weighted by atomic mass is 19.1. The highest BCUT2D eigenvalue weighted by molar-refractivity contribution is 5.94.